The molecule has 1 aromatic rings. The van der Waals surface area contributed by atoms with Gasteiger partial charge < -0.3 is 11.1 Å². The van der Waals surface area contributed by atoms with E-state index in [0.717, 1.165) is 50.9 Å². The Morgan fingerprint density at radius 1 is 1.08 bits per heavy atom. The summed E-state index contributed by atoms with van der Waals surface area (Å²) in [5.74, 6) is -0.00258. The molecule has 0 aromatic heterocycles. The van der Waals surface area contributed by atoms with Crippen molar-refractivity contribution in [2.45, 2.75) is 58.2 Å². The standard InChI is InChI=1S/C18H29N3O.2ClH/c1-3-21(4-2)14-16-9-7-15(8-10-16)13-20-17(22)18(19)11-5-6-12-18;;/h7-10H,3-6,11-14,19H2,1-2H3,(H,20,22);2*1H. The first-order valence-corrected chi connectivity index (χ1v) is 8.44. The van der Waals surface area contributed by atoms with Crippen LogP contribution in [0.25, 0.3) is 0 Å². The number of carbonyl (C=O) groups is 1. The lowest BCUT2D eigenvalue weighted by atomic mass is 9.98. The number of halogens is 2. The number of hydrogen-bond acceptors (Lipinski definition) is 3. The molecule has 0 heterocycles. The van der Waals surface area contributed by atoms with Crippen LogP contribution in [0.4, 0.5) is 0 Å². The zero-order valence-corrected chi connectivity index (χ0v) is 16.3. The number of nitrogens with two attached hydrogens (primary N) is 1. The monoisotopic (exact) mass is 375 g/mol. The molecular formula is C18H31Cl2N3O. The van der Waals surface area contributed by atoms with Crippen molar-refractivity contribution in [3.8, 4) is 0 Å². The number of benzene rings is 1. The second-order valence-corrected chi connectivity index (χ2v) is 6.32. The van der Waals surface area contributed by atoms with Crippen molar-refractivity contribution in [2.24, 2.45) is 5.73 Å². The van der Waals surface area contributed by atoms with Crippen molar-refractivity contribution in [1.29, 1.82) is 0 Å². The topological polar surface area (TPSA) is 58.4 Å². The van der Waals surface area contributed by atoms with E-state index in [1.54, 1.807) is 0 Å². The fraction of sp³-hybridized carbons (Fsp3) is 0.611. The Bertz CT molecular complexity index is 484. The molecule has 0 spiro atoms. The van der Waals surface area contributed by atoms with Crippen molar-refractivity contribution in [2.75, 3.05) is 13.1 Å². The van der Waals surface area contributed by atoms with E-state index < -0.39 is 5.54 Å². The fourth-order valence-corrected chi connectivity index (χ4v) is 3.06. The van der Waals surface area contributed by atoms with Gasteiger partial charge in [-0.25, -0.2) is 0 Å². The van der Waals surface area contributed by atoms with Gasteiger partial charge in [0, 0.05) is 13.1 Å². The van der Waals surface area contributed by atoms with E-state index in [-0.39, 0.29) is 30.7 Å². The summed E-state index contributed by atoms with van der Waals surface area (Å²) >= 11 is 0. The minimum absolute atomic E-state index is 0. The van der Waals surface area contributed by atoms with Gasteiger partial charge in [0.1, 0.15) is 0 Å². The highest BCUT2D eigenvalue weighted by molar-refractivity contribution is 5.86. The lowest BCUT2D eigenvalue weighted by Gasteiger charge is -2.22. The Hall–Kier alpha value is -0.810. The SMILES string of the molecule is CCN(CC)Cc1ccc(CNC(=O)C2(N)CCCC2)cc1.Cl.Cl. The van der Waals surface area contributed by atoms with Crippen LogP contribution in [-0.2, 0) is 17.9 Å². The second-order valence-electron chi connectivity index (χ2n) is 6.32. The highest BCUT2D eigenvalue weighted by atomic mass is 35.5. The molecule has 1 amide bonds. The number of rotatable bonds is 7. The van der Waals surface area contributed by atoms with Crippen LogP contribution >= 0.6 is 24.8 Å². The van der Waals surface area contributed by atoms with Gasteiger partial charge in [0.25, 0.3) is 0 Å². The number of carbonyl (C=O) groups excluding carboxylic acids is 1. The minimum atomic E-state index is -0.636. The zero-order chi connectivity index (χ0) is 16.0. The molecule has 0 radical (unpaired) electrons. The molecule has 1 fully saturated rings. The Kier molecular flexibility index (Phi) is 10.6. The van der Waals surface area contributed by atoms with Crippen LogP contribution in [0.5, 0.6) is 0 Å². The average molecular weight is 376 g/mol. The van der Waals surface area contributed by atoms with Gasteiger partial charge in [-0.2, -0.15) is 0 Å². The summed E-state index contributed by atoms with van der Waals surface area (Å²) in [6.45, 7) is 8.02. The van der Waals surface area contributed by atoms with E-state index in [1.807, 2.05) is 0 Å². The molecule has 1 aromatic carbocycles. The summed E-state index contributed by atoms with van der Waals surface area (Å²) in [4.78, 5) is 14.6. The van der Waals surface area contributed by atoms with E-state index >= 15 is 0 Å². The molecule has 3 N–H and O–H groups in total. The maximum Gasteiger partial charge on any atom is 0.240 e. The summed E-state index contributed by atoms with van der Waals surface area (Å²) < 4.78 is 0. The third kappa shape index (κ3) is 6.25. The highest BCUT2D eigenvalue weighted by Crippen LogP contribution is 2.27. The first-order valence-electron chi connectivity index (χ1n) is 8.44. The molecule has 4 nitrogen and oxygen atoms in total. The fourth-order valence-electron chi connectivity index (χ4n) is 3.06. The predicted molar refractivity (Wildman–Crippen MR) is 105 cm³/mol. The average Bonchev–Trinajstić information content (AvgIpc) is 2.99. The van der Waals surface area contributed by atoms with Gasteiger partial charge in [0.2, 0.25) is 5.91 Å². The summed E-state index contributed by atoms with van der Waals surface area (Å²) in [5, 5.41) is 2.99. The van der Waals surface area contributed by atoms with E-state index in [0.29, 0.717) is 6.54 Å². The van der Waals surface area contributed by atoms with E-state index in [1.165, 1.54) is 5.56 Å². The first kappa shape index (κ1) is 23.2. The van der Waals surface area contributed by atoms with Crippen LogP contribution in [0.2, 0.25) is 0 Å². The molecule has 0 unspecified atom stereocenters. The maximum absolute atomic E-state index is 12.2. The third-order valence-electron chi connectivity index (χ3n) is 4.72. The molecule has 6 heteroatoms. The molecular weight excluding hydrogens is 345 g/mol. The van der Waals surface area contributed by atoms with Crippen molar-refractivity contribution in [3.63, 3.8) is 0 Å². The number of hydrogen-bond donors (Lipinski definition) is 2. The van der Waals surface area contributed by atoms with Crippen LogP contribution in [-0.4, -0.2) is 29.4 Å². The van der Waals surface area contributed by atoms with Gasteiger partial charge in [-0.1, -0.05) is 51.0 Å². The Morgan fingerprint density at radius 3 is 2.08 bits per heavy atom. The van der Waals surface area contributed by atoms with Crippen molar-refractivity contribution >= 4 is 30.7 Å². The molecule has 1 aliphatic carbocycles. The van der Waals surface area contributed by atoms with Crippen molar-refractivity contribution in [1.82, 2.24) is 10.2 Å². The summed E-state index contributed by atoms with van der Waals surface area (Å²) in [7, 11) is 0. The van der Waals surface area contributed by atoms with Gasteiger partial charge >= 0.3 is 0 Å². The Balaban J connectivity index is 0.00000264. The number of nitrogens with zero attached hydrogens (tertiary/aromatic N) is 1. The molecule has 1 aliphatic rings. The third-order valence-corrected chi connectivity index (χ3v) is 4.72. The molecule has 0 aliphatic heterocycles. The zero-order valence-electron chi connectivity index (χ0n) is 14.7. The smallest absolute Gasteiger partial charge is 0.240 e. The van der Waals surface area contributed by atoms with Crippen LogP contribution < -0.4 is 11.1 Å². The van der Waals surface area contributed by atoms with Crippen LogP contribution in [0.15, 0.2) is 24.3 Å². The van der Waals surface area contributed by atoms with Gasteiger partial charge in [0.15, 0.2) is 0 Å². The molecule has 0 atom stereocenters. The Morgan fingerprint density at radius 2 is 1.58 bits per heavy atom. The van der Waals surface area contributed by atoms with E-state index in [9.17, 15) is 4.79 Å². The summed E-state index contributed by atoms with van der Waals surface area (Å²) in [6.07, 6.45) is 3.73. The van der Waals surface area contributed by atoms with Gasteiger partial charge in [0.05, 0.1) is 5.54 Å². The summed E-state index contributed by atoms with van der Waals surface area (Å²) in [5.41, 5.74) is 7.96. The number of amides is 1. The molecule has 0 saturated heterocycles. The predicted octanol–water partition coefficient (Wildman–Crippen LogP) is 3.26. The lowest BCUT2D eigenvalue weighted by Crippen LogP contribution is -2.51. The van der Waals surface area contributed by atoms with Crippen LogP contribution in [0.1, 0.15) is 50.7 Å². The van der Waals surface area contributed by atoms with E-state index in [2.05, 4.69) is 48.3 Å². The van der Waals surface area contributed by atoms with Crippen LogP contribution in [0, 0.1) is 0 Å². The lowest BCUT2D eigenvalue weighted by molar-refractivity contribution is -0.126. The minimum Gasteiger partial charge on any atom is -0.350 e. The largest absolute Gasteiger partial charge is 0.350 e. The Labute approximate surface area is 158 Å². The second kappa shape index (κ2) is 10.9. The highest BCUT2D eigenvalue weighted by Gasteiger charge is 2.36. The molecule has 0 bridgehead atoms. The van der Waals surface area contributed by atoms with Gasteiger partial charge in [-0.05, 0) is 37.1 Å². The molecule has 2 rings (SSSR count). The molecule has 1 saturated carbocycles. The first-order chi connectivity index (χ1) is 10.6. The van der Waals surface area contributed by atoms with Crippen molar-refractivity contribution < 1.29 is 4.79 Å². The molecule has 138 valence electrons. The van der Waals surface area contributed by atoms with Gasteiger partial charge in [-0.15, -0.1) is 24.8 Å². The van der Waals surface area contributed by atoms with Crippen molar-refractivity contribution in [3.05, 3.63) is 35.4 Å². The van der Waals surface area contributed by atoms with Gasteiger partial charge in [-0.3, -0.25) is 9.69 Å². The van der Waals surface area contributed by atoms with E-state index in [4.69, 9.17) is 5.73 Å². The number of nitrogens with one attached hydrogen (secondary N) is 1. The quantitative estimate of drug-likeness (QED) is 0.768. The normalized spacial score (nSPS) is 15.5. The summed E-state index contributed by atoms with van der Waals surface area (Å²) in [6, 6.07) is 8.48. The molecule has 24 heavy (non-hydrogen) atoms. The van der Waals surface area contributed by atoms with Crippen LogP contribution in [0.3, 0.4) is 0 Å². The maximum atomic E-state index is 12.2.